The number of nitrogens with zero attached hydrogens (tertiary/aromatic N) is 2. The number of aromatic nitrogens is 2. The topological polar surface area (TPSA) is 17.8 Å². The fourth-order valence-electron chi connectivity index (χ4n) is 2.94. The number of hydrogen-bond acceptors (Lipinski definition) is 1. The molecule has 0 fully saturated rings. The van der Waals surface area contributed by atoms with Gasteiger partial charge in [0.25, 0.3) is 0 Å². The number of para-hydroxylation sites is 2. The minimum Gasteiger partial charge on any atom is -0.324 e. The lowest BCUT2D eigenvalue weighted by Crippen LogP contribution is -2.01. The highest BCUT2D eigenvalue weighted by molar-refractivity contribution is 5.76. The molecule has 0 saturated carbocycles. The van der Waals surface area contributed by atoms with Crippen molar-refractivity contribution >= 4 is 11.0 Å². The van der Waals surface area contributed by atoms with Crippen LogP contribution >= 0.6 is 0 Å². The van der Waals surface area contributed by atoms with Gasteiger partial charge in [0.1, 0.15) is 5.82 Å². The van der Waals surface area contributed by atoms with Crippen LogP contribution < -0.4 is 0 Å². The summed E-state index contributed by atoms with van der Waals surface area (Å²) in [5, 5.41) is 0. The van der Waals surface area contributed by atoms with Crippen LogP contribution in [0.4, 0.5) is 0 Å². The summed E-state index contributed by atoms with van der Waals surface area (Å²) < 4.78 is 10.3. The van der Waals surface area contributed by atoms with Gasteiger partial charge in [0, 0.05) is 6.54 Å². The molecule has 0 saturated heterocycles. The Kier molecular flexibility index (Phi) is 3.15. The van der Waals surface area contributed by atoms with Crippen molar-refractivity contribution in [2.75, 3.05) is 0 Å². The predicted molar refractivity (Wildman–Crippen MR) is 95.5 cm³/mol. The van der Waals surface area contributed by atoms with E-state index in [0.29, 0.717) is 6.04 Å². The van der Waals surface area contributed by atoms with Gasteiger partial charge in [0.05, 0.1) is 12.4 Å². The molecule has 0 amide bonds. The number of rotatable bonds is 3. The van der Waals surface area contributed by atoms with Crippen molar-refractivity contribution in [2.24, 2.45) is 0 Å². The Morgan fingerprint density at radius 1 is 0.870 bits per heavy atom. The summed E-state index contributed by atoms with van der Waals surface area (Å²) in [7, 11) is 0. The molecule has 0 radical (unpaired) electrons. The van der Waals surface area contributed by atoms with E-state index < -0.39 is 0 Å². The van der Waals surface area contributed by atoms with Gasteiger partial charge in [-0.1, -0.05) is 66.7 Å². The van der Waals surface area contributed by atoms with Gasteiger partial charge in [-0.25, -0.2) is 4.98 Å². The Hall–Kier alpha value is -2.87. The highest BCUT2D eigenvalue weighted by atomic mass is 15.1. The first-order valence-corrected chi connectivity index (χ1v) is 7.79. The fraction of sp³-hybridized carbons (Fsp3) is 0.0952. The standard InChI is InChI=1S/C21H18N2/c1-16-22-20-9-5-6-10-21(20)23(16)15-17-11-13-19(14-12-17)18-7-3-2-4-8-18/h2-14H,15H2,1H3/i7D. The summed E-state index contributed by atoms with van der Waals surface area (Å²) in [5.74, 6) is 1.02. The molecule has 0 N–H and O–H groups in total. The molecule has 23 heavy (non-hydrogen) atoms. The third kappa shape index (κ3) is 2.64. The van der Waals surface area contributed by atoms with E-state index >= 15 is 0 Å². The monoisotopic (exact) mass is 299 g/mol. The SMILES string of the molecule is [2H]c1ccccc1-c1ccc(Cn2c(C)nc3ccccc32)cc1. The molecule has 3 aromatic carbocycles. The Balaban J connectivity index is 1.66. The van der Waals surface area contributed by atoms with E-state index in [9.17, 15) is 0 Å². The second-order valence-electron chi connectivity index (χ2n) is 5.71. The molecular formula is C21H18N2. The second-order valence-corrected chi connectivity index (χ2v) is 5.71. The van der Waals surface area contributed by atoms with Crippen LogP contribution in [0.15, 0.2) is 78.8 Å². The smallest absolute Gasteiger partial charge is 0.107 e. The van der Waals surface area contributed by atoms with E-state index in [1.807, 2.05) is 49.4 Å². The lowest BCUT2D eigenvalue weighted by atomic mass is 10.0. The first-order valence-electron chi connectivity index (χ1n) is 8.29. The molecule has 112 valence electrons. The summed E-state index contributed by atoms with van der Waals surface area (Å²) in [6.45, 7) is 2.85. The van der Waals surface area contributed by atoms with Crippen LogP contribution in [0.5, 0.6) is 0 Å². The van der Waals surface area contributed by atoms with Crippen molar-refractivity contribution in [3.05, 3.63) is 90.2 Å². The van der Waals surface area contributed by atoms with E-state index in [0.717, 1.165) is 34.5 Å². The normalized spacial score (nSPS) is 11.6. The van der Waals surface area contributed by atoms with E-state index in [2.05, 4.69) is 39.9 Å². The van der Waals surface area contributed by atoms with Crippen LogP contribution in [0.3, 0.4) is 0 Å². The third-order valence-corrected chi connectivity index (χ3v) is 4.16. The van der Waals surface area contributed by atoms with Crippen LogP contribution in [0.1, 0.15) is 12.8 Å². The molecule has 0 atom stereocenters. The number of benzene rings is 3. The second kappa shape index (κ2) is 5.73. The Bertz CT molecular complexity index is 1000. The van der Waals surface area contributed by atoms with Crippen LogP contribution in [0.25, 0.3) is 22.2 Å². The van der Waals surface area contributed by atoms with Crippen molar-refractivity contribution in [1.29, 1.82) is 0 Å². The zero-order chi connectivity index (χ0) is 16.5. The van der Waals surface area contributed by atoms with Crippen LogP contribution in [0, 0.1) is 6.92 Å². The minimum atomic E-state index is 0.557. The van der Waals surface area contributed by atoms with Crippen molar-refractivity contribution < 1.29 is 1.37 Å². The maximum Gasteiger partial charge on any atom is 0.107 e. The average Bonchev–Trinajstić information content (AvgIpc) is 2.92. The maximum atomic E-state index is 8.03. The van der Waals surface area contributed by atoms with Crippen molar-refractivity contribution in [3.63, 3.8) is 0 Å². The van der Waals surface area contributed by atoms with Gasteiger partial charge in [0.15, 0.2) is 0 Å². The highest BCUT2D eigenvalue weighted by Crippen LogP contribution is 2.21. The number of imidazole rings is 1. The Labute approximate surface area is 137 Å². The van der Waals surface area contributed by atoms with Crippen LogP contribution in [-0.4, -0.2) is 9.55 Å². The van der Waals surface area contributed by atoms with Gasteiger partial charge >= 0.3 is 0 Å². The number of hydrogen-bond donors (Lipinski definition) is 0. The highest BCUT2D eigenvalue weighted by Gasteiger charge is 2.07. The average molecular weight is 299 g/mol. The van der Waals surface area contributed by atoms with E-state index in [1.165, 1.54) is 5.56 Å². The molecule has 2 heteroatoms. The molecule has 4 aromatic rings. The first kappa shape index (κ1) is 12.7. The summed E-state index contributed by atoms with van der Waals surface area (Å²) in [6, 6.07) is 24.9. The zero-order valence-electron chi connectivity index (χ0n) is 14.0. The Morgan fingerprint density at radius 2 is 1.65 bits per heavy atom. The van der Waals surface area contributed by atoms with Crippen molar-refractivity contribution in [2.45, 2.75) is 13.5 Å². The number of fused-ring (bicyclic) bond motifs is 1. The van der Waals surface area contributed by atoms with Crippen molar-refractivity contribution in [3.8, 4) is 11.1 Å². The Morgan fingerprint density at radius 3 is 2.48 bits per heavy atom. The van der Waals surface area contributed by atoms with E-state index in [1.54, 1.807) is 0 Å². The quantitative estimate of drug-likeness (QED) is 0.517. The fourth-order valence-corrected chi connectivity index (χ4v) is 2.94. The predicted octanol–water partition coefficient (Wildman–Crippen LogP) is 5.06. The zero-order valence-corrected chi connectivity index (χ0v) is 13.0. The molecule has 0 aliphatic carbocycles. The van der Waals surface area contributed by atoms with Gasteiger partial charge in [-0.05, 0) is 35.7 Å². The molecule has 2 nitrogen and oxygen atoms in total. The maximum absolute atomic E-state index is 8.03. The summed E-state index contributed by atoms with van der Waals surface area (Å²) in [6.07, 6.45) is 0. The molecule has 0 aliphatic heterocycles. The molecule has 0 aliphatic rings. The van der Waals surface area contributed by atoms with Gasteiger partial charge in [0.2, 0.25) is 0 Å². The molecular weight excluding hydrogens is 280 g/mol. The third-order valence-electron chi connectivity index (χ3n) is 4.16. The van der Waals surface area contributed by atoms with Crippen LogP contribution in [-0.2, 0) is 6.54 Å². The van der Waals surface area contributed by atoms with E-state index in [4.69, 9.17) is 1.37 Å². The minimum absolute atomic E-state index is 0.557. The number of aryl methyl sites for hydroxylation is 1. The van der Waals surface area contributed by atoms with Gasteiger partial charge < -0.3 is 4.57 Å². The summed E-state index contributed by atoms with van der Waals surface area (Å²) >= 11 is 0. The largest absolute Gasteiger partial charge is 0.324 e. The lowest BCUT2D eigenvalue weighted by Gasteiger charge is -2.08. The van der Waals surface area contributed by atoms with Gasteiger partial charge in [-0.3, -0.25) is 0 Å². The molecule has 4 rings (SSSR count). The van der Waals surface area contributed by atoms with E-state index in [-0.39, 0.29) is 0 Å². The summed E-state index contributed by atoms with van der Waals surface area (Å²) in [5.41, 5.74) is 5.47. The van der Waals surface area contributed by atoms with Crippen LogP contribution in [0.2, 0.25) is 0 Å². The molecule has 1 heterocycles. The lowest BCUT2D eigenvalue weighted by molar-refractivity contribution is 0.786. The van der Waals surface area contributed by atoms with Crippen molar-refractivity contribution in [1.82, 2.24) is 9.55 Å². The van der Waals surface area contributed by atoms with Gasteiger partial charge in [-0.15, -0.1) is 0 Å². The molecule has 0 spiro atoms. The molecule has 0 bridgehead atoms. The first-order chi connectivity index (χ1) is 11.7. The summed E-state index contributed by atoms with van der Waals surface area (Å²) in [4.78, 5) is 4.62. The van der Waals surface area contributed by atoms with Gasteiger partial charge in [-0.2, -0.15) is 0 Å². The molecule has 1 aromatic heterocycles. The molecule has 0 unspecified atom stereocenters.